The van der Waals surface area contributed by atoms with E-state index in [4.69, 9.17) is 0 Å². The number of hydrogen-bond donors (Lipinski definition) is 0. The van der Waals surface area contributed by atoms with E-state index in [0.717, 1.165) is 16.7 Å². The molecule has 0 unspecified atom stereocenters. The van der Waals surface area contributed by atoms with Gasteiger partial charge in [-0.1, -0.05) is 50.3 Å². The van der Waals surface area contributed by atoms with E-state index in [2.05, 4.69) is 45.9 Å². The Hall–Kier alpha value is -2.15. The van der Waals surface area contributed by atoms with Crippen molar-refractivity contribution in [2.45, 2.75) is 40.5 Å². The van der Waals surface area contributed by atoms with Crippen molar-refractivity contribution in [3.8, 4) is 0 Å². The van der Waals surface area contributed by atoms with Gasteiger partial charge in [-0.15, -0.1) is 0 Å². The lowest BCUT2D eigenvalue weighted by molar-refractivity contribution is 0.104. The number of rotatable bonds is 4. The van der Waals surface area contributed by atoms with Gasteiger partial charge in [0.05, 0.1) is 0 Å². The van der Waals surface area contributed by atoms with Gasteiger partial charge in [0.1, 0.15) is 0 Å². The Morgan fingerprint density at radius 3 is 2.23 bits per heavy atom. The second-order valence-electron chi connectivity index (χ2n) is 6.27. The second kappa shape index (κ2) is 6.74. The minimum atomic E-state index is 0.0678. The Morgan fingerprint density at radius 2 is 1.59 bits per heavy atom. The molecule has 1 nitrogen and oxygen atoms in total. The van der Waals surface area contributed by atoms with Crippen molar-refractivity contribution in [1.29, 1.82) is 0 Å². The minimum Gasteiger partial charge on any atom is -0.289 e. The first kappa shape index (κ1) is 16.2. The van der Waals surface area contributed by atoms with Gasteiger partial charge in [0.25, 0.3) is 0 Å². The molecular weight excluding hydrogens is 268 g/mol. The molecule has 0 aliphatic heterocycles. The predicted molar refractivity (Wildman–Crippen MR) is 94.5 cm³/mol. The van der Waals surface area contributed by atoms with Crippen molar-refractivity contribution in [2.24, 2.45) is 0 Å². The highest BCUT2D eigenvalue weighted by Crippen LogP contribution is 2.20. The molecule has 0 saturated heterocycles. The number of carbonyl (C=O) groups excluding carboxylic acids is 1. The molecule has 0 aliphatic carbocycles. The van der Waals surface area contributed by atoms with Crippen LogP contribution in [0.15, 0.2) is 42.5 Å². The van der Waals surface area contributed by atoms with E-state index in [1.54, 1.807) is 6.08 Å². The molecule has 0 saturated carbocycles. The Bertz CT molecular complexity index is 721. The molecule has 0 fully saturated rings. The summed E-state index contributed by atoms with van der Waals surface area (Å²) in [7, 11) is 0. The zero-order valence-corrected chi connectivity index (χ0v) is 14.1. The van der Waals surface area contributed by atoms with Gasteiger partial charge in [-0.05, 0) is 66.6 Å². The first-order chi connectivity index (χ1) is 10.4. The number of hydrogen-bond acceptors (Lipinski definition) is 1. The van der Waals surface area contributed by atoms with Crippen LogP contribution in [0.25, 0.3) is 6.08 Å². The quantitative estimate of drug-likeness (QED) is 0.527. The molecule has 0 aliphatic rings. The van der Waals surface area contributed by atoms with Crippen LogP contribution in [0.3, 0.4) is 0 Å². The molecule has 0 atom stereocenters. The molecule has 0 bridgehead atoms. The van der Waals surface area contributed by atoms with Crippen LogP contribution in [-0.2, 0) is 0 Å². The maximum Gasteiger partial charge on any atom is 0.186 e. The normalized spacial score (nSPS) is 11.4. The van der Waals surface area contributed by atoms with Crippen LogP contribution in [-0.4, -0.2) is 5.78 Å². The Labute approximate surface area is 133 Å². The molecular formula is C21H24O. The molecule has 2 rings (SSSR count). The highest BCUT2D eigenvalue weighted by Gasteiger charge is 2.09. The van der Waals surface area contributed by atoms with Crippen LogP contribution >= 0.6 is 0 Å². The van der Waals surface area contributed by atoms with Gasteiger partial charge in [-0.25, -0.2) is 0 Å². The van der Waals surface area contributed by atoms with E-state index in [-0.39, 0.29) is 5.78 Å². The number of benzene rings is 2. The fraction of sp³-hybridized carbons (Fsp3) is 0.286. The Morgan fingerprint density at radius 1 is 0.909 bits per heavy atom. The highest BCUT2D eigenvalue weighted by molar-refractivity contribution is 6.07. The van der Waals surface area contributed by atoms with Crippen LogP contribution in [0.5, 0.6) is 0 Å². The van der Waals surface area contributed by atoms with Crippen LogP contribution in [0, 0.1) is 20.8 Å². The number of aryl methyl sites for hydroxylation is 3. The van der Waals surface area contributed by atoms with Crippen molar-refractivity contribution < 1.29 is 4.79 Å². The summed E-state index contributed by atoms with van der Waals surface area (Å²) >= 11 is 0. The maximum absolute atomic E-state index is 12.5. The second-order valence-corrected chi connectivity index (χ2v) is 6.27. The molecule has 1 heteroatoms. The molecule has 0 heterocycles. The van der Waals surface area contributed by atoms with Crippen LogP contribution in [0.4, 0.5) is 0 Å². The predicted octanol–water partition coefficient (Wildman–Crippen LogP) is 5.63. The van der Waals surface area contributed by atoms with Crippen LogP contribution in [0.2, 0.25) is 0 Å². The number of carbonyl (C=O) groups is 1. The maximum atomic E-state index is 12.5. The third kappa shape index (κ3) is 3.73. The summed E-state index contributed by atoms with van der Waals surface area (Å²) in [5, 5.41) is 0. The zero-order valence-electron chi connectivity index (χ0n) is 14.1. The SMILES string of the molecule is Cc1ccc(C=CC(=O)c2cc(C(C)C)ccc2C)cc1C. The van der Waals surface area contributed by atoms with Gasteiger partial charge >= 0.3 is 0 Å². The molecule has 0 spiro atoms. The van der Waals surface area contributed by atoms with Crippen molar-refractivity contribution in [2.75, 3.05) is 0 Å². The minimum absolute atomic E-state index is 0.0678. The zero-order chi connectivity index (χ0) is 16.3. The molecule has 2 aromatic carbocycles. The first-order valence-corrected chi connectivity index (χ1v) is 7.78. The van der Waals surface area contributed by atoms with E-state index < -0.39 is 0 Å². The summed E-state index contributed by atoms with van der Waals surface area (Å²) < 4.78 is 0. The lowest BCUT2D eigenvalue weighted by Gasteiger charge is -2.09. The van der Waals surface area contributed by atoms with Gasteiger partial charge in [0.15, 0.2) is 5.78 Å². The molecule has 2 aromatic rings. The van der Waals surface area contributed by atoms with E-state index in [1.807, 2.05) is 31.2 Å². The number of allylic oxidation sites excluding steroid dienone is 1. The molecule has 22 heavy (non-hydrogen) atoms. The fourth-order valence-electron chi connectivity index (χ4n) is 2.39. The molecule has 114 valence electrons. The summed E-state index contributed by atoms with van der Waals surface area (Å²) in [6.07, 6.45) is 3.58. The van der Waals surface area contributed by atoms with Gasteiger partial charge in [-0.3, -0.25) is 4.79 Å². The highest BCUT2D eigenvalue weighted by atomic mass is 16.1. The van der Waals surface area contributed by atoms with Crippen molar-refractivity contribution >= 4 is 11.9 Å². The molecule has 0 amide bonds. The lowest BCUT2D eigenvalue weighted by Crippen LogP contribution is -2.00. The topological polar surface area (TPSA) is 17.1 Å². The molecule has 0 aromatic heterocycles. The monoisotopic (exact) mass is 292 g/mol. The van der Waals surface area contributed by atoms with Crippen molar-refractivity contribution in [1.82, 2.24) is 0 Å². The average molecular weight is 292 g/mol. The van der Waals surface area contributed by atoms with Crippen molar-refractivity contribution in [3.63, 3.8) is 0 Å². The largest absolute Gasteiger partial charge is 0.289 e. The summed E-state index contributed by atoms with van der Waals surface area (Å²) in [4.78, 5) is 12.5. The average Bonchev–Trinajstić information content (AvgIpc) is 2.48. The molecule has 0 radical (unpaired) electrons. The third-order valence-electron chi connectivity index (χ3n) is 4.15. The standard InChI is InChI=1S/C21H24O/c1-14(2)19-10-7-16(4)20(13-19)21(22)11-9-18-8-6-15(3)17(5)12-18/h6-14H,1-5H3. The third-order valence-corrected chi connectivity index (χ3v) is 4.15. The van der Waals surface area contributed by atoms with E-state index >= 15 is 0 Å². The van der Waals surface area contributed by atoms with Crippen LogP contribution in [0.1, 0.15) is 57.9 Å². The van der Waals surface area contributed by atoms with Crippen LogP contribution < -0.4 is 0 Å². The molecule has 0 N–H and O–H groups in total. The van der Waals surface area contributed by atoms with E-state index in [0.29, 0.717) is 5.92 Å². The van der Waals surface area contributed by atoms with Gasteiger partial charge in [0, 0.05) is 5.56 Å². The van der Waals surface area contributed by atoms with Gasteiger partial charge in [-0.2, -0.15) is 0 Å². The summed E-state index contributed by atoms with van der Waals surface area (Å²) in [6.45, 7) is 10.5. The van der Waals surface area contributed by atoms with Gasteiger partial charge < -0.3 is 0 Å². The summed E-state index contributed by atoms with van der Waals surface area (Å²) in [5.74, 6) is 0.495. The lowest BCUT2D eigenvalue weighted by atomic mass is 9.95. The smallest absolute Gasteiger partial charge is 0.186 e. The van der Waals surface area contributed by atoms with Gasteiger partial charge in [0.2, 0.25) is 0 Å². The summed E-state index contributed by atoms with van der Waals surface area (Å²) in [6, 6.07) is 12.4. The van der Waals surface area contributed by atoms with Crippen molar-refractivity contribution in [3.05, 3.63) is 75.9 Å². The van der Waals surface area contributed by atoms with E-state index in [1.165, 1.54) is 16.7 Å². The summed E-state index contributed by atoms with van der Waals surface area (Å²) in [5.41, 5.74) is 6.60. The number of ketones is 1. The Kier molecular flexibility index (Phi) is 4.97. The fourth-order valence-corrected chi connectivity index (χ4v) is 2.39. The Balaban J connectivity index is 2.26. The first-order valence-electron chi connectivity index (χ1n) is 7.78. The van der Waals surface area contributed by atoms with E-state index in [9.17, 15) is 4.79 Å².